The number of allylic oxidation sites excluding steroid dienone is 20. The van der Waals surface area contributed by atoms with Gasteiger partial charge in [-0.25, -0.2) is 0 Å². The molecule has 6 unspecified atom stereocenters. The Labute approximate surface area is 315 Å². The standard InChI is InChI=1S/C50H51NS/c1-2-11-37(12-3-1)45-20-10-21-46-47-33-39(27-32-49(47)52-50(45)46)34-23-28-40(29-24-34)51(48-22-9-16-36-14-5-7-18-44(36)48)41-30-25-38(26-31-41)43-19-8-15-35-13-4-6-17-42(35)43/h1-3,5,7-8,10-11,14-16,18,20-21,23,25-30,32-34,37,41,43-44,47-49H,4,6,9,12-13,17,19,22,24,31H2/t34-,37?,41?,43?,44-,47?,48?,49?/m0/s1. The van der Waals surface area contributed by atoms with E-state index in [2.05, 4.69) is 156 Å². The van der Waals surface area contributed by atoms with Gasteiger partial charge in [0.25, 0.3) is 0 Å². The van der Waals surface area contributed by atoms with E-state index in [-0.39, 0.29) is 0 Å². The molecule has 8 atom stereocenters. The molecule has 262 valence electrons. The second kappa shape index (κ2) is 14.1. The van der Waals surface area contributed by atoms with Crippen molar-refractivity contribution in [3.8, 4) is 0 Å². The Morgan fingerprint density at radius 1 is 0.635 bits per heavy atom. The molecule has 52 heavy (non-hydrogen) atoms. The first kappa shape index (κ1) is 32.6. The van der Waals surface area contributed by atoms with E-state index in [9.17, 15) is 0 Å². The third-order valence-electron chi connectivity index (χ3n) is 13.3. The zero-order valence-corrected chi connectivity index (χ0v) is 31.1. The van der Waals surface area contributed by atoms with E-state index < -0.39 is 0 Å². The van der Waals surface area contributed by atoms with Crippen molar-refractivity contribution in [3.63, 3.8) is 0 Å². The molecule has 1 aromatic rings. The summed E-state index contributed by atoms with van der Waals surface area (Å²) >= 11 is 2.09. The van der Waals surface area contributed by atoms with Gasteiger partial charge in [0.2, 0.25) is 0 Å². The molecular weight excluding hydrogens is 647 g/mol. The van der Waals surface area contributed by atoms with Gasteiger partial charge in [-0.15, -0.1) is 11.8 Å². The maximum absolute atomic E-state index is 2.84. The summed E-state index contributed by atoms with van der Waals surface area (Å²) in [6.45, 7) is 0. The average Bonchev–Trinajstić information content (AvgIpc) is 3.60. The molecule has 0 spiro atoms. The zero-order valence-electron chi connectivity index (χ0n) is 30.3. The highest BCUT2D eigenvalue weighted by Crippen LogP contribution is 2.53. The predicted molar refractivity (Wildman–Crippen MR) is 220 cm³/mol. The number of rotatable bonds is 6. The molecular formula is C50H51NS. The zero-order chi connectivity index (χ0) is 34.4. The van der Waals surface area contributed by atoms with Crippen molar-refractivity contribution < 1.29 is 0 Å². The Kier molecular flexibility index (Phi) is 8.84. The SMILES string of the molecule is C1=CCC(c2cccc3c2SC2C=CC([C@H]4C=CC(N(C5C=CC(C6CC=CC7=C6CCCC7)=CC5)C5CCC=C6C=CC=C[C@@H]65)=CC4)=CC32)C=C1. The normalized spacial score (nSPS) is 33.8. The first-order valence-electron chi connectivity index (χ1n) is 20.3. The van der Waals surface area contributed by atoms with E-state index >= 15 is 0 Å². The predicted octanol–water partition coefficient (Wildman–Crippen LogP) is 12.6. The molecule has 0 N–H and O–H groups in total. The number of benzene rings is 1. The molecule has 1 nitrogen and oxygen atoms in total. The van der Waals surface area contributed by atoms with Crippen LogP contribution in [0.5, 0.6) is 0 Å². The smallest absolute Gasteiger partial charge is 0.0514 e. The lowest BCUT2D eigenvalue weighted by atomic mass is 9.74. The molecule has 9 aliphatic rings. The van der Waals surface area contributed by atoms with E-state index in [1.165, 1.54) is 71.4 Å². The molecule has 8 aliphatic carbocycles. The highest BCUT2D eigenvalue weighted by molar-refractivity contribution is 8.00. The van der Waals surface area contributed by atoms with Crippen molar-refractivity contribution in [3.05, 3.63) is 184 Å². The maximum Gasteiger partial charge on any atom is 0.0514 e. The number of hydrogen-bond donors (Lipinski definition) is 0. The maximum atomic E-state index is 2.84. The minimum Gasteiger partial charge on any atom is -0.361 e. The fourth-order valence-electron chi connectivity index (χ4n) is 10.7. The molecule has 2 heteroatoms. The van der Waals surface area contributed by atoms with Crippen LogP contribution in [-0.4, -0.2) is 22.2 Å². The van der Waals surface area contributed by atoms with Gasteiger partial charge in [-0.1, -0.05) is 139 Å². The lowest BCUT2D eigenvalue weighted by Crippen LogP contribution is -2.47. The molecule has 1 aliphatic heterocycles. The molecule has 1 heterocycles. The molecule has 0 aromatic heterocycles. The van der Waals surface area contributed by atoms with Gasteiger partial charge in [0.15, 0.2) is 0 Å². The molecule has 0 saturated heterocycles. The summed E-state index contributed by atoms with van der Waals surface area (Å²) in [4.78, 5) is 4.37. The number of nitrogens with zero attached hydrogens (tertiary/aromatic N) is 1. The number of hydrogen-bond acceptors (Lipinski definition) is 2. The molecule has 0 bridgehead atoms. The van der Waals surface area contributed by atoms with Crippen LogP contribution in [0.25, 0.3) is 0 Å². The van der Waals surface area contributed by atoms with Gasteiger partial charge in [-0.2, -0.15) is 0 Å². The molecule has 10 rings (SSSR count). The van der Waals surface area contributed by atoms with Crippen LogP contribution in [0.2, 0.25) is 0 Å². The fourth-order valence-corrected chi connectivity index (χ4v) is 12.2. The van der Waals surface area contributed by atoms with Gasteiger partial charge in [-0.05, 0) is 104 Å². The van der Waals surface area contributed by atoms with Crippen molar-refractivity contribution in [2.75, 3.05) is 0 Å². The highest BCUT2D eigenvalue weighted by Gasteiger charge is 2.38. The van der Waals surface area contributed by atoms with Gasteiger partial charge in [0.05, 0.1) is 6.04 Å². The summed E-state index contributed by atoms with van der Waals surface area (Å²) in [6, 6.07) is 7.91. The van der Waals surface area contributed by atoms with Crippen molar-refractivity contribution in [2.24, 2.45) is 17.8 Å². The van der Waals surface area contributed by atoms with E-state index in [1.54, 1.807) is 16.7 Å². The van der Waals surface area contributed by atoms with Crippen molar-refractivity contribution >= 4 is 11.8 Å². The number of thioether (sulfide) groups is 1. The molecule has 1 aromatic carbocycles. The number of fused-ring (bicyclic) bond motifs is 4. The summed E-state index contributed by atoms with van der Waals surface area (Å²) in [5.74, 6) is 2.43. The lowest BCUT2D eigenvalue weighted by Gasteiger charge is -2.46. The molecule has 0 fully saturated rings. The summed E-state index contributed by atoms with van der Waals surface area (Å²) < 4.78 is 0. The minimum atomic E-state index is 0.379. The molecule has 0 amide bonds. The Hall–Kier alpha value is -4.01. The van der Waals surface area contributed by atoms with Crippen LogP contribution in [0.1, 0.15) is 87.2 Å². The van der Waals surface area contributed by atoms with Crippen LogP contribution in [0, 0.1) is 17.8 Å². The minimum absolute atomic E-state index is 0.379. The molecule has 0 radical (unpaired) electrons. The Bertz CT molecular complexity index is 2030. The van der Waals surface area contributed by atoms with Gasteiger partial charge >= 0.3 is 0 Å². The monoisotopic (exact) mass is 697 g/mol. The van der Waals surface area contributed by atoms with Gasteiger partial charge in [-0.3, -0.25) is 0 Å². The third kappa shape index (κ3) is 5.96. The van der Waals surface area contributed by atoms with Crippen LogP contribution in [0.4, 0.5) is 0 Å². The van der Waals surface area contributed by atoms with Gasteiger partial charge in [0, 0.05) is 51.5 Å². The Morgan fingerprint density at radius 3 is 2.44 bits per heavy atom. The first-order valence-corrected chi connectivity index (χ1v) is 21.2. The van der Waals surface area contributed by atoms with Gasteiger partial charge < -0.3 is 4.90 Å². The van der Waals surface area contributed by atoms with Crippen LogP contribution >= 0.6 is 11.8 Å². The van der Waals surface area contributed by atoms with Gasteiger partial charge in [0.1, 0.15) is 0 Å². The van der Waals surface area contributed by atoms with Crippen molar-refractivity contribution in [1.82, 2.24) is 4.90 Å². The Balaban J connectivity index is 0.902. The first-order chi connectivity index (χ1) is 25.8. The highest BCUT2D eigenvalue weighted by atomic mass is 32.2. The fraction of sp³-hybridized carbons (Fsp3) is 0.360. The van der Waals surface area contributed by atoms with E-state index in [0.717, 1.165) is 25.7 Å². The van der Waals surface area contributed by atoms with Crippen molar-refractivity contribution in [1.29, 1.82) is 0 Å². The van der Waals surface area contributed by atoms with Crippen LogP contribution in [-0.2, 0) is 0 Å². The van der Waals surface area contributed by atoms with Crippen LogP contribution in [0.15, 0.2) is 178 Å². The summed E-state index contributed by atoms with van der Waals surface area (Å²) in [7, 11) is 0. The molecule has 0 saturated carbocycles. The topological polar surface area (TPSA) is 3.24 Å². The summed E-state index contributed by atoms with van der Waals surface area (Å²) in [5.41, 5.74) is 12.4. The van der Waals surface area contributed by atoms with E-state index in [0.29, 0.717) is 46.9 Å². The lowest BCUT2D eigenvalue weighted by molar-refractivity contribution is 0.175. The third-order valence-corrected chi connectivity index (χ3v) is 14.8. The second-order valence-corrected chi connectivity index (χ2v) is 17.4. The van der Waals surface area contributed by atoms with E-state index in [4.69, 9.17) is 0 Å². The average molecular weight is 698 g/mol. The quantitative estimate of drug-likeness (QED) is 0.291. The van der Waals surface area contributed by atoms with Crippen LogP contribution in [0.3, 0.4) is 0 Å². The van der Waals surface area contributed by atoms with Crippen molar-refractivity contribution in [2.45, 2.75) is 98.3 Å². The second-order valence-electron chi connectivity index (χ2n) is 16.2. The Morgan fingerprint density at radius 2 is 1.56 bits per heavy atom. The van der Waals surface area contributed by atoms with E-state index in [1.807, 2.05) is 0 Å². The summed E-state index contributed by atoms with van der Waals surface area (Å²) in [6.07, 6.45) is 60.8. The largest absolute Gasteiger partial charge is 0.361 e. The van der Waals surface area contributed by atoms with Crippen LogP contribution < -0.4 is 0 Å². The summed E-state index contributed by atoms with van der Waals surface area (Å²) in [5, 5.41) is 0.505.